The first-order chi connectivity index (χ1) is 7.19. The lowest BCUT2D eigenvalue weighted by Crippen LogP contribution is -2.21. The van der Waals surface area contributed by atoms with Crippen LogP contribution in [-0.4, -0.2) is 23.1 Å². The number of nitrogens with zero attached hydrogens (tertiary/aromatic N) is 3. The molecule has 1 aromatic heterocycles. The molecule has 1 aliphatic rings. The molecule has 0 amide bonds. The Balaban J connectivity index is 2.24. The smallest absolute Gasteiger partial charge is 0.134 e. The summed E-state index contributed by atoms with van der Waals surface area (Å²) in [6.45, 7) is 6.48. The van der Waals surface area contributed by atoms with Gasteiger partial charge in [-0.05, 0) is 12.3 Å². The van der Waals surface area contributed by atoms with Crippen molar-refractivity contribution < 1.29 is 0 Å². The van der Waals surface area contributed by atoms with Gasteiger partial charge in [-0.25, -0.2) is 9.97 Å². The zero-order valence-electron chi connectivity index (χ0n) is 9.40. The van der Waals surface area contributed by atoms with Gasteiger partial charge in [0.25, 0.3) is 0 Å². The highest BCUT2D eigenvalue weighted by Crippen LogP contribution is 2.22. The number of anilines is 2. The van der Waals surface area contributed by atoms with Crippen LogP contribution in [0.2, 0.25) is 0 Å². The summed E-state index contributed by atoms with van der Waals surface area (Å²) in [6.07, 6.45) is 2.08. The molecule has 15 heavy (non-hydrogen) atoms. The first-order valence-electron chi connectivity index (χ1n) is 5.57. The van der Waals surface area contributed by atoms with Crippen molar-refractivity contribution in [2.75, 3.05) is 23.7 Å². The van der Waals surface area contributed by atoms with Crippen LogP contribution in [0, 0.1) is 5.92 Å². The van der Waals surface area contributed by atoms with Crippen LogP contribution in [0.15, 0.2) is 6.07 Å². The van der Waals surface area contributed by atoms with Crippen molar-refractivity contribution in [3.63, 3.8) is 0 Å². The topological polar surface area (TPSA) is 55.0 Å². The summed E-state index contributed by atoms with van der Waals surface area (Å²) >= 11 is 0. The van der Waals surface area contributed by atoms with Gasteiger partial charge in [0.1, 0.15) is 17.5 Å². The van der Waals surface area contributed by atoms with E-state index in [4.69, 9.17) is 5.73 Å². The highest BCUT2D eigenvalue weighted by Gasteiger charge is 2.20. The second-order valence-electron chi connectivity index (χ2n) is 4.26. The Morgan fingerprint density at radius 2 is 2.33 bits per heavy atom. The molecule has 82 valence electrons. The van der Waals surface area contributed by atoms with Gasteiger partial charge in [0.05, 0.1) is 0 Å². The predicted molar refractivity (Wildman–Crippen MR) is 61.8 cm³/mol. The van der Waals surface area contributed by atoms with E-state index < -0.39 is 0 Å². The average molecular weight is 206 g/mol. The molecule has 2 rings (SSSR count). The molecular formula is C11H18N4. The number of aryl methyl sites for hydroxylation is 1. The van der Waals surface area contributed by atoms with E-state index in [1.165, 1.54) is 6.42 Å². The van der Waals surface area contributed by atoms with Crippen LogP contribution < -0.4 is 10.6 Å². The first-order valence-corrected chi connectivity index (χ1v) is 5.57. The quantitative estimate of drug-likeness (QED) is 0.796. The van der Waals surface area contributed by atoms with Gasteiger partial charge in [0.2, 0.25) is 0 Å². The fraction of sp³-hybridized carbons (Fsp3) is 0.636. The SMILES string of the molecule is CCc1nc(N)cc(N2CCC(C)C2)n1. The van der Waals surface area contributed by atoms with E-state index >= 15 is 0 Å². The number of hydrogen-bond acceptors (Lipinski definition) is 4. The van der Waals surface area contributed by atoms with Crippen LogP contribution in [0.5, 0.6) is 0 Å². The third-order valence-electron chi connectivity index (χ3n) is 2.84. The lowest BCUT2D eigenvalue weighted by atomic mass is 10.2. The van der Waals surface area contributed by atoms with E-state index in [0.29, 0.717) is 5.82 Å². The van der Waals surface area contributed by atoms with E-state index in [2.05, 4.69) is 21.8 Å². The molecule has 4 heteroatoms. The van der Waals surface area contributed by atoms with E-state index in [9.17, 15) is 0 Å². The molecule has 0 aromatic carbocycles. The van der Waals surface area contributed by atoms with Gasteiger partial charge in [0, 0.05) is 25.6 Å². The standard InChI is InChI=1S/C11H18N4/c1-3-10-13-9(12)6-11(14-10)15-5-4-8(2)7-15/h6,8H,3-5,7H2,1-2H3,(H2,12,13,14). The van der Waals surface area contributed by atoms with Crippen molar-refractivity contribution in [2.45, 2.75) is 26.7 Å². The van der Waals surface area contributed by atoms with Gasteiger partial charge in [-0.1, -0.05) is 13.8 Å². The summed E-state index contributed by atoms with van der Waals surface area (Å²) in [4.78, 5) is 11.0. The number of hydrogen-bond donors (Lipinski definition) is 1. The lowest BCUT2D eigenvalue weighted by molar-refractivity contribution is 0.658. The summed E-state index contributed by atoms with van der Waals surface area (Å²) in [5, 5.41) is 0. The third kappa shape index (κ3) is 2.19. The second-order valence-corrected chi connectivity index (χ2v) is 4.26. The largest absolute Gasteiger partial charge is 0.384 e. The fourth-order valence-electron chi connectivity index (χ4n) is 1.97. The molecule has 0 bridgehead atoms. The molecule has 2 heterocycles. The van der Waals surface area contributed by atoms with E-state index in [0.717, 1.165) is 37.1 Å². The maximum absolute atomic E-state index is 5.76. The van der Waals surface area contributed by atoms with Crippen LogP contribution in [0.25, 0.3) is 0 Å². The minimum atomic E-state index is 0.580. The molecule has 1 unspecified atom stereocenters. The highest BCUT2D eigenvalue weighted by atomic mass is 15.2. The molecular weight excluding hydrogens is 188 g/mol. The number of aromatic nitrogens is 2. The van der Waals surface area contributed by atoms with Crippen LogP contribution in [0.4, 0.5) is 11.6 Å². The Morgan fingerprint density at radius 3 is 2.93 bits per heavy atom. The van der Waals surface area contributed by atoms with E-state index in [-0.39, 0.29) is 0 Å². The number of nitrogens with two attached hydrogens (primary N) is 1. The van der Waals surface area contributed by atoms with Crippen LogP contribution in [0.1, 0.15) is 26.1 Å². The zero-order chi connectivity index (χ0) is 10.8. The van der Waals surface area contributed by atoms with E-state index in [1.54, 1.807) is 0 Å². The Hall–Kier alpha value is -1.32. The Morgan fingerprint density at radius 1 is 1.53 bits per heavy atom. The molecule has 4 nitrogen and oxygen atoms in total. The van der Waals surface area contributed by atoms with Crippen molar-refractivity contribution in [3.05, 3.63) is 11.9 Å². The van der Waals surface area contributed by atoms with Gasteiger partial charge in [-0.2, -0.15) is 0 Å². The van der Waals surface area contributed by atoms with Crippen molar-refractivity contribution >= 4 is 11.6 Å². The predicted octanol–water partition coefficient (Wildman–Crippen LogP) is 1.47. The fourth-order valence-corrected chi connectivity index (χ4v) is 1.97. The molecule has 0 spiro atoms. The van der Waals surface area contributed by atoms with Gasteiger partial charge in [0.15, 0.2) is 0 Å². The molecule has 0 saturated carbocycles. The van der Waals surface area contributed by atoms with Gasteiger partial charge in [-0.3, -0.25) is 0 Å². The average Bonchev–Trinajstić information content (AvgIpc) is 2.64. The molecule has 1 aromatic rings. The molecule has 1 saturated heterocycles. The minimum Gasteiger partial charge on any atom is -0.384 e. The molecule has 0 radical (unpaired) electrons. The molecule has 2 N–H and O–H groups in total. The Kier molecular flexibility index (Phi) is 2.75. The maximum Gasteiger partial charge on any atom is 0.134 e. The van der Waals surface area contributed by atoms with Gasteiger partial charge < -0.3 is 10.6 Å². The molecule has 1 aliphatic heterocycles. The van der Waals surface area contributed by atoms with E-state index in [1.807, 2.05) is 13.0 Å². The summed E-state index contributed by atoms with van der Waals surface area (Å²) in [5.41, 5.74) is 5.76. The van der Waals surface area contributed by atoms with Crippen molar-refractivity contribution in [3.8, 4) is 0 Å². The van der Waals surface area contributed by atoms with Crippen molar-refractivity contribution in [2.24, 2.45) is 5.92 Å². The second kappa shape index (κ2) is 4.04. The van der Waals surface area contributed by atoms with Crippen molar-refractivity contribution in [1.29, 1.82) is 0 Å². The molecule has 0 aliphatic carbocycles. The summed E-state index contributed by atoms with van der Waals surface area (Å²) < 4.78 is 0. The third-order valence-corrected chi connectivity index (χ3v) is 2.84. The Bertz CT molecular complexity index is 350. The molecule has 1 fully saturated rings. The number of rotatable bonds is 2. The first kappa shape index (κ1) is 10.2. The highest BCUT2D eigenvalue weighted by molar-refractivity contribution is 5.47. The van der Waals surface area contributed by atoms with Gasteiger partial charge in [-0.15, -0.1) is 0 Å². The van der Waals surface area contributed by atoms with Crippen molar-refractivity contribution in [1.82, 2.24) is 9.97 Å². The lowest BCUT2D eigenvalue weighted by Gasteiger charge is -2.17. The maximum atomic E-state index is 5.76. The van der Waals surface area contributed by atoms with Crippen LogP contribution in [-0.2, 0) is 6.42 Å². The molecule has 1 atom stereocenters. The summed E-state index contributed by atoms with van der Waals surface area (Å²) in [6, 6.07) is 1.87. The van der Waals surface area contributed by atoms with Crippen LogP contribution >= 0.6 is 0 Å². The van der Waals surface area contributed by atoms with Gasteiger partial charge >= 0.3 is 0 Å². The summed E-state index contributed by atoms with van der Waals surface area (Å²) in [7, 11) is 0. The van der Waals surface area contributed by atoms with Crippen LogP contribution in [0.3, 0.4) is 0 Å². The Labute approximate surface area is 90.5 Å². The monoisotopic (exact) mass is 206 g/mol. The normalized spacial score (nSPS) is 20.9. The summed E-state index contributed by atoms with van der Waals surface area (Å²) in [5.74, 6) is 3.16. The zero-order valence-corrected chi connectivity index (χ0v) is 9.40. The minimum absolute atomic E-state index is 0.580. The number of nitrogen functional groups attached to an aromatic ring is 1.